The molecule has 0 bridgehead atoms. The third-order valence-corrected chi connectivity index (χ3v) is 5.57. The first kappa shape index (κ1) is 21.7. The Bertz CT molecular complexity index is 1040. The van der Waals surface area contributed by atoms with Gasteiger partial charge in [-0.3, -0.25) is 10.1 Å². The van der Waals surface area contributed by atoms with Crippen molar-refractivity contribution in [2.75, 3.05) is 18.6 Å². The second-order valence-corrected chi connectivity index (χ2v) is 7.96. The van der Waals surface area contributed by atoms with E-state index in [1.807, 2.05) is 6.26 Å². The number of carbonyl (C=O) groups is 2. The van der Waals surface area contributed by atoms with Crippen LogP contribution in [-0.2, 0) is 13.1 Å². The van der Waals surface area contributed by atoms with Gasteiger partial charge in [-0.25, -0.2) is 19.2 Å². The number of aromatic nitrogens is 2. The van der Waals surface area contributed by atoms with E-state index >= 15 is 0 Å². The molecule has 1 aromatic carbocycles. The molecule has 0 atom stereocenters. The number of nitrogens with zero attached hydrogens (tertiary/aromatic N) is 3. The zero-order chi connectivity index (χ0) is 21.5. The first-order chi connectivity index (χ1) is 14.5. The van der Waals surface area contributed by atoms with Crippen LogP contribution < -0.4 is 10.6 Å². The van der Waals surface area contributed by atoms with Crippen molar-refractivity contribution in [3.63, 3.8) is 0 Å². The van der Waals surface area contributed by atoms with E-state index < -0.39 is 6.03 Å². The Morgan fingerprint density at radius 3 is 2.87 bits per heavy atom. The highest BCUT2D eigenvalue weighted by molar-refractivity contribution is 7.98. The molecule has 7 nitrogen and oxygen atoms in total. The molecule has 0 radical (unpaired) electrons. The number of urea groups is 1. The van der Waals surface area contributed by atoms with Gasteiger partial charge in [-0.15, -0.1) is 23.1 Å². The fraction of sp³-hybridized carbons (Fsp3) is 0.200. The molecule has 2 aromatic heterocycles. The van der Waals surface area contributed by atoms with Gasteiger partial charge < -0.3 is 10.2 Å². The predicted molar refractivity (Wildman–Crippen MR) is 116 cm³/mol. The quantitative estimate of drug-likeness (QED) is 0.537. The van der Waals surface area contributed by atoms with Crippen molar-refractivity contribution in [1.29, 1.82) is 0 Å². The normalized spacial score (nSPS) is 10.5. The minimum absolute atomic E-state index is 0.150. The molecule has 3 rings (SSSR count). The Balaban J connectivity index is 1.54. The molecule has 2 heterocycles. The average Bonchev–Trinajstić information content (AvgIpc) is 3.18. The van der Waals surface area contributed by atoms with E-state index in [-0.39, 0.29) is 18.3 Å². The molecule has 3 amide bonds. The molecule has 0 spiro atoms. The fourth-order valence-electron chi connectivity index (χ4n) is 2.64. The van der Waals surface area contributed by atoms with Crippen LogP contribution in [0.15, 0.2) is 53.0 Å². The summed E-state index contributed by atoms with van der Waals surface area (Å²) in [7, 11) is 1.69. The maximum absolute atomic E-state index is 13.2. The van der Waals surface area contributed by atoms with Gasteiger partial charge >= 0.3 is 6.03 Å². The molecular formula is C20H20FN5O2S2. The second-order valence-electron chi connectivity index (χ2n) is 6.30. The monoisotopic (exact) mass is 445 g/mol. The van der Waals surface area contributed by atoms with Gasteiger partial charge in [-0.05, 0) is 36.1 Å². The number of amides is 3. The van der Waals surface area contributed by atoms with Gasteiger partial charge in [-0.2, -0.15) is 0 Å². The summed E-state index contributed by atoms with van der Waals surface area (Å²) in [5, 5.41) is 8.16. The molecule has 10 heteroatoms. The van der Waals surface area contributed by atoms with Crippen LogP contribution in [0.3, 0.4) is 0 Å². The molecule has 3 aromatic rings. The van der Waals surface area contributed by atoms with Gasteiger partial charge in [0.15, 0.2) is 5.13 Å². The zero-order valence-corrected chi connectivity index (χ0v) is 18.0. The Morgan fingerprint density at radius 1 is 1.27 bits per heavy atom. The minimum Gasteiger partial charge on any atom is -0.336 e. The van der Waals surface area contributed by atoms with Crippen LogP contribution >= 0.6 is 23.1 Å². The van der Waals surface area contributed by atoms with Crippen molar-refractivity contribution < 1.29 is 14.0 Å². The average molecular weight is 446 g/mol. The van der Waals surface area contributed by atoms with Crippen LogP contribution in [0.4, 0.5) is 14.3 Å². The van der Waals surface area contributed by atoms with Gasteiger partial charge in [0.1, 0.15) is 10.8 Å². The molecule has 156 valence electrons. The number of halogens is 1. The molecule has 0 saturated heterocycles. The summed E-state index contributed by atoms with van der Waals surface area (Å²) in [6, 6.07) is 9.05. The molecule has 0 aliphatic heterocycles. The first-order valence-corrected chi connectivity index (χ1v) is 11.0. The molecule has 0 fully saturated rings. The molecule has 0 aliphatic rings. The van der Waals surface area contributed by atoms with E-state index in [2.05, 4.69) is 20.6 Å². The van der Waals surface area contributed by atoms with E-state index in [0.29, 0.717) is 33.5 Å². The Kier molecular flexibility index (Phi) is 7.36. The number of hydrogen-bond acceptors (Lipinski definition) is 6. The summed E-state index contributed by atoms with van der Waals surface area (Å²) >= 11 is 2.68. The van der Waals surface area contributed by atoms with Gasteiger partial charge in [0.2, 0.25) is 0 Å². The number of anilines is 1. The number of nitrogens with one attached hydrogen (secondary N) is 2. The minimum atomic E-state index is -0.440. The lowest BCUT2D eigenvalue weighted by Gasteiger charge is -2.17. The third-order valence-electron chi connectivity index (χ3n) is 4.06. The lowest BCUT2D eigenvalue weighted by Crippen LogP contribution is -2.28. The molecular weight excluding hydrogens is 425 g/mol. The lowest BCUT2D eigenvalue weighted by molar-refractivity contribution is 0.0779. The molecule has 30 heavy (non-hydrogen) atoms. The number of thioether (sulfide) groups is 1. The first-order valence-electron chi connectivity index (χ1n) is 8.94. The smallest absolute Gasteiger partial charge is 0.321 e. The highest BCUT2D eigenvalue weighted by Gasteiger charge is 2.17. The highest BCUT2D eigenvalue weighted by Crippen LogP contribution is 2.20. The number of benzene rings is 1. The summed E-state index contributed by atoms with van der Waals surface area (Å²) in [5.74, 6) is -0.503. The van der Waals surface area contributed by atoms with Crippen LogP contribution in [0, 0.1) is 5.82 Å². The van der Waals surface area contributed by atoms with E-state index in [0.717, 1.165) is 0 Å². The van der Waals surface area contributed by atoms with Gasteiger partial charge in [0.25, 0.3) is 5.91 Å². The highest BCUT2D eigenvalue weighted by atomic mass is 32.2. The van der Waals surface area contributed by atoms with Crippen molar-refractivity contribution in [2.45, 2.75) is 18.1 Å². The van der Waals surface area contributed by atoms with Crippen LogP contribution in [0.2, 0.25) is 0 Å². The molecule has 0 aliphatic carbocycles. The summed E-state index contributed by atoms with van der Waals surface area (Å²) in [6.45, 7) is 0.493. The predicted octanol–water partition coefficient (Wildman–Crippen LogP) is 3.99. The van der Waals surface area contributed by atoms with Crippen molar-refractivity contribution >= 4 is 40.2 Å². The Labute approximate surface area is 181 Å². The fourth-order valence-corrected chi connectivity index (χ4v) is 3.88. The van der Waals surface area contributed by atoms with Crippen molar-refractivity contribution in [2.24, 2.45) is 0 Å². The van der Waals surface area contributed by atoms with Crippen LogP contribution in [0.1, 0.15) is 21.6 Å². The SMILES string of the molecule is CSc1ncccc1C(=O)N(C)Cc1csc(NC(=O)NCc2cccc(F)c2)n1. The van der Waals surface area contributed by atoms with Crippen LogP contribution in [0.25, 0.3) is 0 Å². The van der Waals surface area contributed by atoms with Gasteiger partial charge in [0, 0.05) is 25.2 Å². The van der Waals surface area contributed by atoms with Gasteiger partial charge in [0.05, 0.1) is 17.8 Å². The van der Waals surface area contributed by atoms with Crippen molar-refractivity contribution in [3.05, 3.63) is 70.6 Å². The maximum Gasteiger partial charge on any atom is 0.321 e. The molecule has 0 saturated carbocycles. The number of thiazole rings is 1. The van der Waals surface area contributed by atoms with Crippen molar-refractivity contribution in [3.8, 4) is 0 Å². The zero-order valence-electron chi connectivity index (χ0n) is 16.4. The summed E-state index contributed by atoms with van der Waals surface area (Å²) in [5.41, 5.74) is 1.86. The topological polar surface area (TPSA) is 87.2 Å². The largest absolute Gasteiger partial charge is 0.336 e. The Morgan fingerprint density at radius 2 is 2.10 bits per heavy atom. The van der Waals surface area contributed by atoms with E-state index in [4.69, 9.17) is 0 Å². The van der Waals surface area contributed by atoms with Crippen LogP contribution in [0.5, 0.6) is 0 Å². The Hall–Kier alpha value is -2.98. The summed E-state index contributed by atoms with van der Waals surface area (Å²) in [4.78, 5) is 34.9. The maximum atomic E-state index is 13.2. The molecule has 0 unspecified atom stereocenters. The van der Waals surface area contributed by atoms with E-state index in [9.17, 15) is 14.0 Å². The summed E-state index contributed by atoms with van der Waals surface area (Å²) in [6.07, 6.45) is 3.52. The third kappa shape index (κ3) is 5.77. The molecule has 2 N–H and O–H groups in total. The number of pyridine rings is 1. The summed E-state index contributed by atoms with van der Waals surface area (Å²) < 4.78 is 13.2. The number of hydrogen-bond donors (Lipinski definition) is 2. The van der Waals surface area contributed by atoms with Crippen molar-refractivity contribution in [1.82, 2.24) is 20.2 Å². The number of carbonyl (C=O) groups excluding carboxylic acids is 2. The van der Waals surface area contributed by atoms with Crippen LogP contribution in [-0.4, -0.2) is 40.1 Å². The second kappa shape index (κ2) is 10.2. The van der Waals surface area contributed by atoms with E-state index in [1.54, 1.807) is 47.8 Å². The van der Waals surface area contributed by atoms with Gasteiger partial charge in [-0.1, -0.05) is 12.1 Å². The van der Waals surface area contributed by atoms with E-state index in [1.165, 1.54) is 35.2 Å². The standard InChI is InChI=1S/C20H20FN5O2S2/c1-26(18(27)16-7-4-8-22-17(16)29-2)11-15-12-30-20(24-15)25-19(28)23-10-13-5-3-6-14(21)9-13/h3-9,12H,10-11H2,1-2H3,(H2,23,24,25,28). The lowest BCUT2D eigenvalue weighted by atomic mass is 10.2. The number of rotatable bonds is 7.